The Morgan fingerprint density at radius 2 is 1.96 bits per heavy atom. The van der Waals surface area contributed by atoms with E-state index in [1.807, 2.05) is 51.1 Å². The molecule has 7 nitrogen and oxygen atoms in total. The maximum atomic E-state index is 11.7. The molecule has 0 aliphatic heterocycles. The zero-order valence-electron chi connectivity index (χ0n) is 14.5. The summed E-state index contributed by atoms with van der Waals surface area (Å²) >= 11 is 0. The van der Waals surface area contributed by atoms with Gasteiger partial charge in [-0.25, -0.2) is 9.78 Å². The Hall–Kier alpha value is -2.93. The molecule has 0 spiro atoms. The van der Waals surface area contributed by atoms with Crippen LogP contribution in [0.5, 0.6) is 0 Å². The van der Waals surface area contributed by atoms with Crippen LogP contribution in [0.4, 0.5) is 5.82 Å². The molecule has 4 N–H and O–H groups in total. The van der Waals surface area contributed by atoms with E-state index in [9.17, 15) is 4.79 Å². The third-order valence-electron chi connectivity index (χ3n) is 3.78. The summed E-state index contributed by atoms with van der Waals surface area (Å²) in [6, 6.07) is 9.87. The van der Waals surface area contributed by atoms with Gasteiger partial charge < -0.3 is 10.6 Å². The second-order valence-corrected chi connectivity index (χ2v) is 6.89. The van der Waals surface area contributed by atoms with Crippen molar-refractivity contribution in [1.82, 2.24) is 20.7 Å². The van der Waals surface area contributed by atoms with Crippen molar-refractivity contribution < 1.29 is 9.63 Å². The van der Waals surface area contributed by atoms with E-state index >= 15 is 0 Å². The maximum absolute atomic E-state index is 11.7. The summed E-state index contributed by atoms with van der Waals surface area (Å²) in [5.74, 6) is 0.215. The number of nitrogens with two attached hydrogens (primary N) is 1. The van der Waals surface area contributed by atoms with E-state index in [2.05, 4.69) is 20.7 Å². The topological polar surface area (TPSA) is 106 Å². The Morgan fingerprint density at radius 3 is 2.64 bits per heavy atom. The molecule has 0 radical (unpaired) electrons. The number of aromatic nitrogens is 3. The third-order valence-corrected chi connectivity index (χ3v) is 3.78. The van der Waals surface area contributed by atoms with E-state index in [4.69, 9.17) is 10.6 Å². The van der Waals surface area contributed by atoms with Crippen LogP contribution < -0.4 is 11.2 Å². The predicted octanol–water partition coefficient (Wildman–Crippen LogP) is 2.80. The lowest BCUT2D eigenvalue weighted by atomic mass is 9.98. The van der Waals surface area contributed by atoms with Crippen LogP contribution in [0, 0.1) is 5.41 Å². The van der Waals surface area contributed by atoms with Gasteiger partial charge in [0.2, 0.25) is 0 Å². The van der Waals surface area contributed by atoms with Gasteiger partial charge in [0.1, 0.15) is 5.82 Å². The molecular formula is C18H21N5O2. The number of H-pyrrole nitrogens is 1. The molecule has 25 heavy (non-hydrogen) atoms. The number of carbonyl (C=O) groups excluding carboxylic acids is 1. The summed E-state index contributed by atoms with van der Waals surface area (Å²) in [7, 11) is 0. The molecule has 7 heteroatoms. The first kappa shape index (κ1) is 16.9. The van der Waals surface area contributed by atoms with E-state index in [1.165, 1.54) is 0 Å². The van der Waals surface area contributed by atoms with E-state index in [-0.39, 0.29) is 5.97 Å². The van der Waals surface area contributed by atoms with Crippen molar-refractivity contribution in [2.45, 2.75) is 27.3 Å². The quantitative estimate of drug-likeness (QED) is 0.631. The fourth-order valence-electron chi connectivity index (χ4n) is 2.23. The maximum Gasteiger partial charge on any atom is 0.329 e. The van der Waals surface area contributed by atoms with Gasteiger partial charge in [-0.1, -0.05) is 24.3 Å². The Bertz CT molecular complexity index is 894. The number of rotatable bonds is 4. The number of carbonyl (C=O) groups is 1. The Labute approximate surface area is 145 Å². The van der Waals surface area contributed by atoms with Crippen molar-refractivity contribution in [3.8, 4) is 11.1 Å². The molecular weight excluding hydrogens is 318 g/mol. The highest BCUT2D eigenvalue weighted by Gasteiger charge is 2.23. The van der Waals surface area contributed by atoms with Gasteiger partial charge in [-0.2, -0.15) is 5.10 Å². The fourth-order valence-corrected chi connectivity index (χ4v) is 2.23. The van der Waals surface area contributed by atoms with Crippen LogP contribution in [-0.2, 0) is 16.2 Å². The van der Waals surface area contributed by atoms with Crippen LogP contribution in [-0.4, -0.2) is 21.2 Å². The lowest BCUT2D eigenvalue weighted by molar-refractivity contribution is -0.161. The average molecular weight is 339 g/mol. The van der Waals surface area contributed by atoms with Crippen LogP contribution in [0.25, 0.3) is 22.2 Å². The Kier molecular flexibility index (Phi) is 4.41. The number of aromatic amines is 1. The molecule has 0 aliphatic carbocycles. The molecule has 1 aromatic carbocycles. The number of anilines is 1. The smallest absolute Gasteiger partial charge is 0.329 e. The predicted molar refractivity (Wildman–Crippen MR) is 96.1 cm³/mol. The summed E-state index contributed by atoms with van der Waals surface area (Å²) in [6.45, 7) is 5.87. The number of hydroxylamine groups is 1. The van der Waals surface area contributed by atoms with Crippen molar-refractivity contribution in [1.29, 1.82) is 0 Å². The van der Waals surface area contributed by atoms with Gasteiger partial charge in [0.15, 0.2) is 5.65 Å². The van der Waals surface area contributed by atoms with Gasteiger partial charge in [0, 0.05) is 11.8 Å². The van der Waals surface area contributed by atoms with Gasteiger partial charge in [-0.15, -0.1) is 5.48 Å². The summed E-state index contributed by atoms with van der Waals surface area (Å²) in [4.78, 5) is 21.1. The number of hydrogen-bond donors (Lipinski definition) is 3. The summed E-state index contributed by atoms with van der Waals surface area (Å²) < 4.78 is 0. The molecule has 2 aromatic heterocycles. The van der Waals surface area contributed by atoms with E-state index in [1.54, 1.807) is 6.20 Å². The van der Waals surface area contributed by atoms with Crippen LogP contribution in [0.15, 0.2) is 36.5 Å². The SMILES string of the molecule is CC(C)(C)C(=O)ONCc1ccc(-c2cnc3n[nH]c(N)c3c2)cc1. The number of nitrogen functional groups attached to an aromatic ring is 1. The second kappa shape index (κ2) is 6.52. The molecule has 0 aliphatic rings. The molecule has 3 rings (SSSR count). The van der Waals surface area contributed by atoms with Crippen LogP contribution >= 0.6 is 0 Å². The molecule has 130 valence electrons. The average Bonchev–Trinajstić information content (AvgIpc) is 2.95. The minimum absolute atomic E-state index is 0.291. The Balaban J connectivity index is 1.67. The van der Waals surface area contributed by atoms with Gasteiger partial charge in [0.05, 0.1) is 17.3 Å². The van der Waals surface area contributed by atoms with Crippen molar-refractivity contribution in [2.24, 2.45) is 5.41 Å². The van der Waals surface area contributed by atoms with Gasteiger partial charge >= 0.3 is 5.97 Å². The molecule has 2 heterocycles. The highest BCUT2D eigenvalue weighted by molar-refractivity contribution is 5.89. The number of nitrogens with zero attached hydrogens (tertiary/aromatic N) is 2. The number of nitrogens with one attached hydrogen (secondary N) is 2. The second-order valence-electron chi connectivity index (χ2n) is 6.89. The van der Waals surface area contributed by atoms with Crippen LogP contribution in [0.2, 0.25) is 0 Å². The number of hydrogen-bond acceptors (Lipinski definition) is 6. The van der Waals surface area contributed by atoms with E-state index in [0.29, 0.717) is 18.0 Å². The first-order chi connectivity index (χ1) is 11.8. The molecule has 0 saturated heterocycles. The van der Waals surface area contributed by atoms with Crippen molar-refractivity contribution in [2.75, 3.05) is 5.73 Å². The first-order valence-corrected chi connectivity index (χ1v) is 7.97. The lowest BCUT2D eigenvalue weighted by Gasteiger charge is -2.16. The summed E-state index contributed by atoms with van der Waals surface area (Å²) in [5, 5.41) is 7.55. The largest absolute Gasteiger partial charge is 0.384 e. The Morgan fingerprint density at radius 1 is 1.24 bits per heavy atom. The molecule has 0 unspecified atom stereocenters. The molecule has 0 atom stereocenters. The molecule has 0 amide bonds. The minimum Gasteiger partial charge on any atom is -0.384 e. The highest BCUT2D eigenvalue weighted by atomic mass is 16.7. The van der Waals surface area contributed by atoms with Gasteiger partial charge in [0.25, 0.3) is 0 Å². The third kappa shape index (κ3) is 3.77. The highest BCUT2D eigenvalue weighted by Crippen LogP contribution is 2.24. The van der Waals surface area contributed by atoms with Crippen molar-refractivity contribution >= 4 is 22.8 Å². The summed E-state index contributed by atoms with van der Waals surface area (Å²) in [5.41, 5.74) is 11.6. The first-order valence-electron chi connectivity index (χ1n) is 7.97. The van der Waals surface area contributed by atoms with E-state index < -0.39 is 5.41 Å². The number of benzene rings is 1. The van der Waals surface area contributed by atoms with Gasteiger partial charge in [-0.3, -0.25) is 5.10 Å². The zero-order chi connectivity index (χ0) is 18.0. The number of pyridine rings is 1. The zero-order valence-corrected chi connectivity index (χ0v) is 14.5. The van der Waals surface area contributed by atoms with E-state index in [0.717, 1.165) is 22.1 Å². The molecule has 0 fully saturated rings. The molecule has 0 saturated carbocycles. The minimum atomic E-state index is -0.530. The monoisotopic (exact) mass is 339 g/mol. The normalized spacial score (nSPS) is 11.6. The lowest BCUT2D eigenvalue weighted by Crippen LogP contribution is -2.29. The standard InChI is InChI=1S/C18H21N5O2/c1-18(2,3)17(24)25-21-9-11-4-6-12(7-5-11)13-8-14-15(19)22-23-16(14)20-10-13/h4-8,10,21H,9H2,1-3H3,(H3,19,20,22,23). The molecule has 0 bridgehead atoms. The molecule has 3 aromatic rings. The fraction of sp³-hybridized carbons (Fsp3) is 0.278. The number of fused-ring (bicyclic) bond motifs is 1. The summed E-state index contributed by atoms with van der Waals surface area (Å²) in [6.07, 6.45) is 1.76. The van der Waals surface area contributed by atoms with Crippen molar-refractivity contribution in [3.05, 3.63) is 42.1 Å². The van der Waals surface area contributed by atoms with Gasteiger partial charge in [-0.05, 0) is 38.0 Å². The van der Waals surface area contributed by atoms with Crippen LogP contribution in [0.1, 0.15) is 26.3 Å². The van der Waals surface area contributed by atoms with Crippen LogP contribution in [0.3, 0.4) is 0 Å². The van der Waals surface area contributed by atoms with Crippen molar-refractivity contribution in [3.63, 3.8) is 0 Å².